The molecule has 0 aliphatic heterocycles. The molecule has 1 amide bonds. The third kappa shape index (κ3) is 3.03. The van der Waals surface area contributed by atoms with E-state index in [2.05, 4.69) is 15.4 Å². The van der Waals surface area contributed by atoms with E-state index in [0.29, 0.717) is 10.9 Å². The van der Waals surface area contributed by atoms with Crippen LogP contribution >= 0.6 is 0 Å². The summed E-state index contributed by atoms with van der Waals surface area (Å²) in [4.78, 5) is 38.6. The lowest BCUT2D eigenvalue weighted by molar-refractivity contribution is -0.117. The molecule has 0 saturated heterocycles. The van der Waals surface area contributed by atoms with Gasteiger partial charge in [0.1, 0.15) is 0 Å². The largest absolute Gasteiger partial charge is 0.360 e. The van der Waals surface area contributed by atoms with Crippen molar-refractivity contribution in [2.45, 2.75) is 6.54 Å². The first-order valence-electron chi connectivity index (χ1n) is 7.07. The van der Waals surface area contributed by atoms with E-state index in [1.165, 1.54) is 29.2 Å². The van der Waals surface area contributed by atoms with E-state index in [-0.39, 0.29) is 18.6 Å². The van der Waals surface area contributed by atoms with Crippen LogP contribution < -0.4 is 10.9 Å². The van der Waals surface area contributed by atoms with E-state index in [9.17, 15) is 14.4 Å². The van der Waals surface area contributed by atoms with Gasteiger partial charge in [-0.05, 0) is 12.1 Å². The van der Waals surface area contributed by atoms with Gasteiger partial charge in [0.2, 0.25) is 0 Å². The monoisotopic (exact) mass is 310 g/mol. The molecule has 2 aromatic heterocycles. The standard InChI is InChI=1S/C16H14N4O3/c21-14-6-3-7-19-20(14)9-8-17-16(23)15(22)12-10-18-13-5-2-1-4-11(12)13/h1-7,10,18H,8-9H2,(H,17,23). The number of Topliss-reactive ketones (excluding diaryl/α,β-unsaturated/α-hetero) is 1. The Kier molecular flexibility index (Phi) is 4.01. The minimum absolute atomic E-state index is 0.143. The summed E-state index contributed by atoms with van der Waals surface area (Å²) in [7, 11) is 0. The summed E-state index contributed by atoms with van der Waals surface area (Å²) in [6, 6.07) is 10.2. The van der Waals surface area contributed by atoms with Crippen LogP contribution in [0.15, 0.2) is 53.6 Å². The van der Waals surface area contributed by atoms with Gasteiger partial charge in [-0.3, -0.25) is 14.4 Å². The maximum Gasteiger partial charge on any atom is 0.292 e. The predicted octanol–water partition coefficient (Wildman–Crippen LogP) is 0.724. The number of para-hydroxylation sites is 1. The minimum atomic E-state index is -0.710. The van der Waals surface area contributed by atoms with Crippen LogP contribution in [-0.4, -0.2) is 33.0 Å². The zero-order valence-corrected chi connectivity index (χ0v) is 12.2. The number of benzene rings is 1. The fourth-order valence-electron chi connectivity index (χ4n) is 2.29. The van der Waals surface area contributed by atoms with Crippen LogP contribution in [0.2, 0.25) is 0 Å². The lowest BCUT2D eigenvalue weighted by atomic mass is 10.1. The number of hydrogen-bond donors (Lipinski definition) is 2. The molecule has 2 heterocycles. The van der Waals surface area contributed by atoms with E-state index < -0.39 is 11.7 Å². The third-order valence-electron chi connectivity index (χ3n) is 3.43. The Morgan fingerprint density at radius 3 is 2.83 bits per heavy atom. The number of H-pyrrole nitrogens is 1. The van der Waals surface area contributed by atoms with Crippen LogP contribution in [0.3, 0.4) is 0 Å². The van der Waals surface area contributed by atoms with E-state index in [4.69, 9.17) is 0 Å². The Morgan fingerprint density at radius 1 is 1.17 bits per heavy atom. The molecule has 3 rings (SSSR count). The quantitative estimate of drug-likeness (QED) is 0.536. The SMILES string of the molecule is O=C(NCCn1ncccc1=O)C(=O)c1c[nH]c2ccccc12. The smallest absolute Gasteiger partial charge is 0.292 e. The minimum Gasteiger partial charge on any atom is -0.360 e. The van der Waals surface area contributed by atoms with Gasteiger partial charge in [-0.1, -0.05) is 18.2 Å². The van der Waals surface area contributed by atoms with Crippen molar-refractivity contribution in [1.29, 1.82) is 0 Å². The lowest BCUT2D eigenvalue weighted by Gasteiger charge is -2.05. The number of nitrogens with zero attached hydrogens (tertiary/aromatic N) is 2. The molecule has 116 valence electrons. The second-order valence-corrected chi connectivity index (χ2v) is 4.92. The molecule has 3 aromatic rings. The average Bonchev–Trinajstić information content (AvgIpc) is 3.00. The molecule has 0 radical (unpaired) electrons. The molecule has 2 N–H and O–H groups in total. The molecule has 1 aromatic carbocycles. The highest BCUT2D eigenvalue weighted by atomic mass is 16.2. The number of nitrogens with one attached hydrogen (secondary N) is 2. The first-order chi connectivity index (χ1) is 11.2. The second-order valence-electron chi connectivity index (χ2n) is 4.92. The van der Waals surface area contributed by atoms with Crippen LogP contribution in [0.5, 0.6) is 0 Å². The summed E-state index contributed by atoms with van der Waals surface area (Å²) >= 11 is 0. The number of aromatic amines is 1. The van der Waals surface area contributed by atoms with Crippen LogP contribution in [0, 0.1) is 0 Å². The zero-order chi connectivity index (χ0) is 16.2. The summed E-state index contributed by atoms with van der Waals surface area (Å²) in [6.07, 6.45) is 3.01. The van der Waals surface area contributed by atoms with Gasteiger partial charge in [0.25, 0.3) is 17.2 Å². The van der Waals surface area contributed by atoms with Gasteiger partial charge in [-0.15, -0.1) is 0 Å². The summed E-state index contributed by atoms with van der Waals surface area (Å²) in [5.74, 6) is -1.32. The molecule has 0 aliphatic carbocycles. The van der Waals surface area contributed by atoms with Crippen LogP contribution in [-0.2, 0) is 11.3 Å². The zero-order valence-electron chi connectivity index (χ0n) is 12.2. The first kappa shape index (κ1) is 14.7. The van der Waals surface area contributed by atoms with Crippen LogP contribution in [0.4, 0.5) is 0 Å². The molecule has 7 heteroatoms. The molecule has 0 aliphatic rings. The molecule has 0 saturated carbocycles. The Bertz CT molecular complexity index is 926. The Morgan fingerprint density at radius 2 is 2.00 bits per heavy atom. The summed E-state index contributed by atoms with van der Waals surface area (Å²) in [5, 5.41) is 7.09. The highest BCUT2D eigenvalue weighted by Crippen LogP contribution is 2.17. The van der Waals surface area contributed by atoms with Crippen molar-refractivity contribution in [2.75, 3.05) is 6.54 Å². The molecule has 7 nitrogen and oxygen atoms in total. The first-order valence-corrected chi connectivity index (χ1v) is 7.07. The Balaban J connectivity index is 1.65. The summed E-state index contributed by atoms with van der Waals surface area (Å²) < 4.78 is 1.22. The highest BCUT2D eigenvalue weighted by molar-refractivity contribution is 6.44. The number of hydrogen-bond acceptors (Lipinski definition) is 4. The van der Waals surface area contributed by atoms with Crippen molar-refractivity contribution in [3.63, 3.8) is 0 Å². The lowest BCUT2D eigenvalue weighted by Crippen LogP contribution is -2.35. The summed E-state index contributed by atoms with van der Waals surface area (Å²) in [5.41, 5.74) is 0.862. The number of aromatic nitrogens is 3. The second kappa shape index (κ2) is 6.27. The fourth-order valence-corrected chi connectivity index (χ4v) is 2.29. The van der Waals surface area contributed by atoms with Gasteiger partial charge in [0, 0.05) is 35.9 Å². The average molecular weight is 310 g/mol. The van der Waals surface area contributed by atoms with Crippen molar-refractivity contribution < 1.29 is 9.59 Å². The third-order valence-corrected chi connectivity index (χ3v) is 3.43. The Hall–Kier alpha value is -3.22. The van der Waals surface area contributed by atoms with Gasteiger partial charge < -0.3 is 10.3 Å². The van der Waals surface area contributed by atoms with E-state index in [1.807, 2.05) is 12.1 Å². The number of carbonyl (C=O) groups excluding carboxylic acids is 2. The van der Waals surface area contributed by atoms with Gasteiger partial charge in [-0.2, -0.15) is 5.10 Å². The van der Waals surface area contributed by atoms with E-state index in [0.717, 1.165) is 5.52 Å². The normalized spacial score (nSPS) is 10.6. The number of fused-ring (bicyclic) bond motifs is 1. The number of ketones is 1. The van der Waals surface area contributed by atoms with E-state index >= 15 is 0 Å². The van der Waals surface area contributed by atoms with Gasteiger partial charge in [0.15, 0.2) is 0 Å². The number of carbonyl (C=O) groups is 2. The van der Waals surface area contributed by atoms with Crippen molar-refractivity contribution >= 4 is 22.6 Å². The fraction of sp³-hybridized carbons (Fsp3) is 0.125. The van der Waals surface area contributed by atoms with Gasteiger partial charge >= 0.3 is 0 Å². The summed E-state index contributed by atoms with van der Waals surface area (Å²) in [6.45, 7) is 0.344. The highest BCUT2D eigenvalue weighted by Gasteiger charge is 2.19. The van der Waals surface area contributed by atoms with Crippen molar-refractivity contribution in [3.8, 4) is 0 Å². The predicted molar refractivity (Wildman–Crippen MR) is 84.1 cm³/mol. The van der Waals surface area contributed by atoms with Gasteiger partial charge in [-0.25, -0.2) is 4.68 Å². The molecule has 0 fully saturated rings. The van der Waals surface area contributed by atoms with E-state index in [1.54, 1.807) is 12.1 Å². The molecule has 0 spiro atoms. The van der Waals surface area contributed by atoms with Crippen molar-refractivity contribution in [3.05, 3.63) is 64.7 Å². The molecular weight excluding hydrogens is 296 g/mol. The van der Waals surface area contributed by atoms with Crippen molar-refractivity contribution in [2.24, 2.45) is 0 Å². The van der Waals surface area contributed by atoms with Crippen LogP contribution in [0.25, 0.3) is 10.9 Å². The number of amides is 1. The topological polar surface area (TPSA) is 96.8 Å². The van der Waals surface area contributed by atoms with Gasteiger partial charge in [0.05, 0.1) is 12.1 Å². The van der Waals surface area contributed by atoms with Crippen molar-refractivity contribution in [1.82, 2.24) is 20.1 Å². The molecule has 0 bridgehead atoms. The van der Waals surface area contributed by atoms with Crippen LogP contribution in [0.1, 0.15) is 10.4 Å². The molecule has 0 atom stereocenters. The maximum absolute atomic E-state index is 12.2. The molecular formula is C16H14N4O3. The number of rotatable bonds is 5. The Labute approximate surface area is 130 Å². The molecule has 0 unspecified atom stereocenters. The maximum atomic E-state index is 12.2. The molecule has 23 heavy (non-hydrogen) atoms.